The van der Waals surface area contributed by atoms with E-state index in [1.54, 1.807) is 11.2 Å². The van der Waals surface area contributed by atoms with Crippen molar-refractivity contribution in [3.8, 4) is 0 Å². The number of hydrogen-bond acceptors (Lipinski definition) is 3. The van der Waals surface area contributed by atoms with Crippen LogP contribution in [0.25, 0.3) is 0 Å². The number of fused-ring (bicyclic) bond motifs is 1. The smallest absolute Gasteiger partial charge is 0.317 e. The Kier molecular flexibility index (Phi) is 4.43. The zero-order chi connectivity index (χ0) is 13.7. The average Bonchev–Trinajstić information content (AvgIpc) is 2.71. The van der Waals surface area contributed by atoms with Crippen LogP contribution >= 0.6 is 0 Å². The number of furan rings is 1. The van der Waals surface area contributed by atoms with Crippen LogP contribution in [0.15, 0.2) is 16.7 Å². The van der Waals surface area contributed by atoms with E-state index in [1.165, 1.54) is 0 Å². The van der Waals surface area contributed by atoms with Crippen molar-refractivity contribution in [2.24, 2.45) is 0 Å². The Hall–Kier alpha value is -1.98. The highest BCUT2D eigenvalue weighted by Crippen LogP contribution is 2.19. The molecule has 104 valence electrons. The van der Waals surface area contributed by atoms with Crippen molar-refractivity contribution in [3.63, 3.8) is 0 Å². The number of nitrogens with zero attached hydrogens (tertiary/aromatic N) is 1. The Morgan fingerprint density at radius 2 is 2.32 bits per heavy atom. The second-order valence-electron chi connectivity index (χ2n) is 4.62. The van der Waals surface area contributed by atoms with Crippen LogP contribution in [0.1, 0.15) is 30.6 Å². The number of carbonyl (C=O) groups excluding carboxylic acids is 1. The summed E-state index contributed by atoms with van der Waals surface area (Å²) >= 11 is 0. The lowest BCUT2D eigenvalue weighted by atomic mass is 10.2. The van der Waals surface area contributed by atoms with E-state index < -0.39 is 5.97 Å². The summed E-state index contributed by atoms with van der Waals surface area (Å²) in [6.45, 7) is 1.63. The summed E-state index contributed by atoms with van der Waals surface area (Å²) in [5.74, 6) is 0.119. The van der Waals surface area contributed by atoms with Crippen molar-refractivity contribution in [2.45, 2.75) is 32.2 Å². The Labute approximate surface area is 111 Å². The van der Waals surface area contributed by atoms with Gasteiger partial charge in [-0.2, -0.15) is 0 Å². The molecule has 0 saturated heterocycles. The van der Waals surface area contributed by atoms with Crippen LogP contribution in [0, 0.1) is 0 Å². The summed E-state index contributed by atoms with van der Waals surface area (Å²) in [7, 11) is 0. The first-order chi connectivity index (χ1) is 9.16. The van der Waals surface area contributed by atoms with Gasteiger partial charge in [-0.25, -0.2) is 4.79 Å². The molecule has 2 N–H and O–H groups in total. The first-order valence-electron chi connectivity index (χ1n) is 6.46. The van der Waals surface area contributed by atoms with E-state index in [-0.39, 0.29) is 12.5 Å². The van der Waals surface area contributed by atoms with Crippen molar-refractivity contribution in [2.75, 3.05) is 13.1 Å². The minimum absolute atomic E-state index is 0.0756. The van der Waals surface area contributed by atoms with E-state index in [9.17, 15) is 9.59 Å². The Bertz CT molecular complexity index is 455. The van der Waals surface area contributed by atoms with Crippen molar-refractivity contribution in [1.29, 1.82) is 0 Å². The summed E-state index contributed by atoms with van der Waals surface area (Å²) in [5, 5.41) is 11.3. The van der Waals surface area contributed by atoms with Gasteiger partial charge in [0, 0.05) is 31.5 Å². The lowest BCUT2D eigenvalue weighted by molar-refractivity contribution is -0.137. The lowest BCUT2D eigenvalue weighted by Crippen LogP contribution is -2.40. The maximum atomic E-state index is 12.0. The van der Waals surface area contributed by atoms with E-state index in [2.05, 4.69) is 5.32 Å². The van der Waals surface area contributed by atoms with Crippen LogP contribution in [0.4, 0.5) is 4.79 Å². The fraction of sp³-hybridized carbons (Fsp3) is 0.538. The third-order valence-corrected chi connectivity index (χ3v) is 3.16. The SMILES string of the molecule is O=C(O)CCCNC(=O)N1CCCc2occc2C1. The minimum Gasteiger partial charge on any atom is -0.481 e. The van der Waals surface area contributed by atoms with Gasteiger partial charge in [0.2, 0.25) is 0 Å². The lowest BCUT2D eigenvalue weighted by Gasteiger charge is -2.20. The molecule has 1 aliphatic heterocycles. The van der Waals surface area contributed by atoms with Crippen molar-refractivity contribution >= 4 is 12.0 Å². The highest BCUT2D eigenvalue weighted by Gasteiger charge is 2.20. The fourth-order valence-electron chi connectivity index (χ4n) is 2.16. The molecule has 0 aliphatic carbocycles. The molecule has 1 aromatic rings. The van der Waals surface area contributed by atoms with E-state index in [0.29, 0.717) is 26.1 Å². The molecule has 2 amide bonds. The first-order valence-corrected chi connectivity index (χ1v) is 6.46. The Morgan fingerprint density at radius 3 is 3.11 bits per heavy atom. The maximum Gasteiger partial charge on any atom is 0.317 e. The molecule has 19 heavy (non-hydrogen) atoms. The van der Waals surface area contributed by atoms with Crippen LogP contribution in [0.3, 0.4) is 0 Å². The molecule has 2 heterocycles. The molecule has 0 aromatic carbocycles. The zero-order valence-electron chi connectivity index (χ0n) is 10.7. The van der Waals surface area contributed by atoms with Crippen molar-refractivity contribution < 1.29 is 19.1 Å². The normalized spacial score (nSPS) is 14.6. The van der Waals surface area contributed by atoms with E-state index >= 15 is 0 Å². The van der Waals surface area contributed by atoms with Crippen LogP contribution in [-0.2, 0) is 17.8 Å². The van der Waals surface area contributed by atoms with Gasteiger partial charge in [-0.3, -0.25) is 4.79 Å². The molecule has 1 aliphatic rings. The summed E-state index contributed by atoms with van der Waals surface area (Å²) < 4.78 is 5.37. The summed E-state index contributed by atoms with van der Waals surface area (Å²) in [6.07, 6.45) is 3.91. The third kappa shape index (κ3) is 3.74. The topological polar surface area (TPSA) is 82.8 Å². The van der Waals surface area contributed by atoms with Gasteiger partial charge in [-0.05, 0) is 18.9 Å². The summed E-state index contributed by atoms with van der Waals surface area (Å²) in [4.78, 5) is 24.1. The molecule has 1 aromatic heterocycles. The maximum absolute atomic E-state index is 12.0. The number of aryl methyl sites for hydroxylation is 1. The molecular formula is C13H18N2O4. The van der Waals surface area contributed by atoms with Crippen molar-refractivity contribution in [3.05, 3.63) is 23.7 Å². The molecule has 6 heteroatoms. The number of carbonyl (C=O) groups is 2. The monoisotopic (exact) mass is 266 g/mol. The molecular weight excluding hydrogens is 248 g/mol. The largest absolute Gasteiger partial charge is 0.481 e. The van der Waals surface area contributed by atoms with Gasteiger partial charge in [0.25, 0.3) is 0 Å². The second-order valence-corrected chi connectivity index (χ2v) is 4.62. The number of carboxylic acid groups (broad SMARTS) is 1. The standard InChI is InChI=1S/C13H18N2O4/c16-12(17)4-1-6-14-13(18)15-7-2-3-11-10(9-15)5-8-19-11/h5,8H,1-4,6-7,9H2,(H,14,18)(H,16,17). The first kappa shape index (κ1) is 13.5. The summed E-state index contributed by atoms with van der Waals surface area (Å²) in [5.41, 5.74) is 1.05. The highest BCUT2D eigenvalue weighted by atomic mass is 16.4. The third-order valence-electron chi connectivity index (χ3n) is 3.16. The molecule has 0 spiro atoms. The predicted molar refractivity (Wildman–Crippen MR) is 67.7 cm³/mol. The molecule has 0 unspecified atom stereocenters. The van der Waals surface area contributed by atoms with Gasteiger partial charge in [-0.15, -0.1) is 0 Å². The highest BCUT2D eigenvalue weighted by molar-refractivity contribution is 5.74. The van der Waals surface area contributed by atoms with Gasteiger partial charge < -0.3 is 19.7 Å². The Balaban J connectivity index is 1.81. The van der Waals surface area contributed by atoms with Gasteiger partial charge >= 0.3 is 12.0 Å². The van der Waals surface area contributed by atoms with Crippen LogP contribution in [0.5, 0.6) is 0 Å². The molecule has 0 bridgehead atoms. The zero-order valence-corrected chi connectivity index (χ0v) is 10.7. The van der Waals surface area contributed by atoms with Crippen molar-refractivity contribution in [1.82, 2.24) is 10.2 Å². The van der Waals surface area contributed by atoms with Gasteiger partial charge in [0.1, 0.15) is 5.76 Å². The van der Waals surface area contributed by atoms with E-state index in [4.69, 9.17) is 9.52 Å². The quantitative estimate of drug-likeness (QED) is 0.811. The predicted octanol–water partition coefficient (Wildman–Crippen LogP) is 1.60. The van der Waals surface area contributed by atoms with E-state index in [1.807, 2.05) is 6.07 Å². The second kappa shape index (κ2) is 6.26. The summed E-state index contributed by atoms with van der Waals surface area (Å²) in [6, 6.07) is 1.75. The molecule has 0 atom stereocenters. The number of urea groups is 1. The van der Waals surface area contributed by atoms with Gasteiger partial charge in [-0.1, -0.05) is 0 Å². The van der Waals surface area contributed by atoms with Gasteiger partial charge in [0.15, 0.2) is 0 Å². The number of carboxylic acids is 1. The van der Waals surface area contributed by atoms with E-state index in [0.717, 1.165) is 24.2 Å². The van der Waals surface area contributed by atoms with Crippen LogP contribution in [-0.4, -0.2) is 35.1 Å². The molecule has 6 nitrogen and oxygen atoms in total. The number of amides is 2. The molecule has 0 fully saturated rings. The number of aliphatic carboxylic acids is 1. The molecule has 2 rings (SSSR count). The Morgan fingerprint density at radius 1 is 1.47 bits per heavy atom. The van der Waals surface area contributed by atoms with Gasteiger partial charge in [0.05, 0.1) is 12.8 Å². The number of nitrogens with one attached hydrogen (secondary N) is 1. The molecule has 0 radical (unpaired) electrons. The average molecular weight is 266 g/mol. The minimum atomic E-state index is -0.841. The molecule has 0 saturated carbocycles. The van der Waals surface area contributed by atoms with Crippen LogP contribution < -0.4 is 5.32 Å². The number of hydrogen-bond donors (Lipinski definition) is 2. The number of rotatable bonds is 4. The fourth-order valence-corrected chi connectivity index (χ4v) is 2.16. The van der Waals surface area contributed by atoms with Crippen LogP contribution in [0.2, 0.25) is 0 Å².